The van der Waals surface area contributed by atoms with E-state index in [4.69, 9.17) is 4.98 Å². The quantitative estimate of drug-likeness (QED) is 0.237. The molecule has 174 valence electrons. The largest absolute Gasteiger partial charge is 0.372 e. The molecule has 1 aliphatic rings. The summed E-state index contributed by atoms with van der Waals surface area (Å²) in [7, 11) is 0. The van der Waals surface area contributed by atoms with Crippen LogP contribution in [0.15, 0.2) is 64.5 Å². The standard InChI is InChI=1S/C27H28N4O2S/c1-3-31-26(33)22-15-19-8-4-5-9-20(19)16-24(22)29-27(31)34-17-25(32)28-23-11-10-21(14-18(23)2)30-12-6-7-13-30/h4-5,8-11,14-16H,3,6-7,12-13,17H2,1-2H3,(H,28,32). The smallest absolute Gasteiger partial charge is 0.262 e. The zero-order valence-electron chi connectivity index (χ0n) is 19.5. The average Bonchev–Trinajstić information content (AvgIpc) is 3.38. The predicted molar refractivity (Wildman–Crippen MR) is 141 cm³/mol. The summed E-state index contributed by atoms with van der Waals surface area (Å²) in [5.41, 5.74) is 3.66. The minimum absolute atomic E-state index is 0.0745. The Morgan fingerprint density at radius 1 is 1.06 bits per heavy atom. The van der Waals surface area contributed by atoms with Gasteiger partial charge >= 0.3 is 0 Å². The van der Waals surface area contributed by atoms with Gasteiger partial charge in [0.1, 0.15) is 0 Å². The second kappa shape index (κ2) is 9.50. The number of carbonyl (C=O) groups is 1. The Balaban J connectivity index is 1.34. The number of fused-ring (bicyclic) bond motifs is 2. The van der Waals surface area contributed by atoms with Crippen LogP contribution in [-0.2, 0) is 11.3 Å². The molecule has 0 bridgehead atoms. The molecule has 0 radical (unpaired) electrons. The van der Waals surface area contributed by atoms with Gasteiger partial charge in [0.2, 0.25) is 5.91 Å². The minimum Gasteiger partial charge on any atom is -0.372 e. The van der Waals surface area contributed by atoms with Crippen LogP contribution in [0.4, 0.5) is 11.4 Å². The van der Waals surface area contributed by atoms with Crippen molar-refractivity contribution < 1.29 is 4.79 Å². The van der Waals surface area contributed by atoms with Gasteiger partial charge in [0.25, 0.3) is 5.56 Å². The summed E-state index contributed by atoms with van der Waals surface area (Å²) in [5, 5.41) is 6.24. The van der Waals surface area contributed by atoms with Gasteiger partial charge in [0.05, 0.1) is 16.7 Å². The van der Waals surface area contributed by atoms with E-state index in [0.29, 0.717) is 22.6 Å². The van der Waals surface area contributed by atoms with E-state index in [1.165, 1.54) is 30.3 Å². The lowest BCUT2D eigenvalue weighted by Gasteiger charge is -2.19. The second-order valence-electron chi connectivity index (χ2n) is 8.69. The van der Waals surface area contributed by atoms with Crippen molar-refractivity contribution >= 4 is 50.7 Å². The van der Waals surface area contributed by atoms with E-state index in [9.17, 15) is 9.59 Å². The van der Waals surface area contributed by atoms with Gasteiger partial charge < -0.3 is 10.2 Å². The maximum absolute atomic E-state index is 13.2. The van der Waals surface area contributed by atoms with Gasteiger partial charge in [0.15, 0.2) is 5.16 Å². The van der Waals surface area contributed by atoms with Crippen molar-refractivity contribution in [1.82, 2.24) is 9.55 Å². The van der Waals surface area contributed by atoms with Gasteiger partial charge in [-0.25, -0.2) is 4.98 Å². The first-order valence-electron chi connectivity index (χ1n) is 11.7. The highest BCUT2D eigenvalue weighted by molar-refractivity contribution is 7.99. The summed E-state index contributed by atoms with van der Waals surface area (Å²) in [6, 6.07) is 18.0. The highest BCUT2D eigenvalue weighted by Crippen LogP contribution is 2.26. The lowest BCUT2D eigenvalue weighted by Crippen LogP contribution is -2.23. The Labute approximate surface area is 203 Å². The fourth-order valence-corrected chi connectivity index (χ4v) is 5.42. The molecule has 4 aromatic rings. The fraction of sp³-hybridized carbons (Fsp3) is 0.296. The Bertz CT molecular complexity index is 1440. The van der Waals surface area contributed by atoms with E-state index in [1.807, 2.05) is 56.3 Å². The van der Waals surface area contributed by atoms with Gasteiger partial charge in [-0.2, -0.15) is 0 Å². The van der Waals surface area contributed by atoms with Gasteiger partial charge in [-0.3, -0.25) is 14.2 Å². The molecule has 6 nitrogen and oxygen atoms in total. The molecule has 5 rings (SSSR count). The van der Waals surface area contributed by atoms with Crippen molar-refractivity contribution in [3.8, 4) is 0 Å². The van der Waals surface area contributed by atoms with Crippen LogP contribution in [0.5, 0.6) is 0 Å². The summed E-state index contributed by atoms with van der Waals surface area (Å²) in [6.45, 7) is 6.62. The normalized spacial score (nSPS) is 13.6. The number of carbonyl (C=O) groups excluding carboxylic acids is 1. The van der Waals surface area contributed by atoms with Crippen LogP contribution in [0.3, 0.4) is 0 Å². The van der Waals surface area contributed by atoms with Crippen LogP contribution in [0, 0.1) is 6.92 Å². The van der Waals surface area contributed by atoms with Crippen LogP contribution in [0.25, 0.3) is 21.7 Å². The third-order valence-electron chi connectivity index (χ3n) is 6.39. The molecule has 1 amide bonds. The number of hydrogen-bond donors (Lipinski definition) is 1. The molecule has 0 unspecified atom stereocenters. The van der Waals surface area contributed by atoms with E-state index in [2.05, 4.69) is 22.3 Å². The maximum atomic E-state index is 13.2. The number of hydrogen-bond acceptors (Lipinski definition) is 5. The number of aromatic nitrogens is 2. The van der Waals surface area contributed by atoms with E-state index < -0.39 is 0 Å². The van der Waals surface area contributed by atoms with Gasteiger partial charge in [-0.1, -0.05) is 36.0 Å². The summed E-state index contributed by atoms with van der Waals surface area (Å²) >= 11 is 1.29. The molecule has 7 heteroatoms. The van der Waals surface area contributed by atoms with Crippen molar-refractivity contribution in [3.63, 3.8) is 0 Å². The molecule has 0 saturated carbocycles. The number of aryl methyl sites for hydroxylation is 1. The Hall–Kier alpha value is -3.32. The van der Waals surface area contributed by atoms with Crippen molar-refractivity contribution in [2.75, 3.05) is 29.1 Å². The molecule has 1 N–H and O–H groups in total. The van der Waals surface area contributed by atoms with Gasteiger partial charge in [-0.05, 0) is 73.4 Å². The SMILES string of the molecule is CCn1c(SCC(=O)Nc2ccc(N3CCCC3)cc2C)nc2cc3ccccc3cc2c1=O. The van der Waals surface area contributed by atoms with E-state index in [0.717, 1.165) is 35.1 Å². The molecular weight excluding hydrogens is 444 g/mol. The van der Waals surface area contributed by atoms with Crippen LogP contribution in [0.2, 0.25) is 0 Å². The molecule has 0 spiro atoms. The number of anilines is 2. The molecule has 3 aromatic carbocycles. The summed E-state index contributed by atoms with van der Waals surface area (Å²) in [5.74, 6) is 0.0660. The predicted octanol–water partition coefficient (Wildman–Crippen LogP) is 5.21. The maximum Gasteiger partial charge on any atom is 0.262 e. The lowest BCUT2D eigenvalue weighted by atomic mass is 10.1. The number of nitrogens with zero attached hydrogens (tertiary/aromatic N) is 3. The number of rotatable bonds is 6. The highest BCUT2D eigenvalue weighted by Gasteiger charge is 2.16. The van der Waals surface area contributed by atoms with Crippen LogP contribution in [0.1, 0.15) is 25.3 Å². The zero-order chi connectivity index (χ0) is 23.7. The number of benzene rings is 3. The molecule has 2 heterocycles. The van der Waals surface area contributed by atoms with Crippen LogP contribution in [-0.4, -0.2) is 34.3 Å². The second-order valence-corrected chi connectivity index (χ2v) is 9.63. The first-order chi connectivity index (χ1) is 16.5. The minimum atomic E-state index is -0.113. The zero-order valence-corrected chi connectivity index (χ0v) is 20.3. The van der Waals surface area contributed by atoms with Crippen molar-refractivity contribution in [2.45, 2.75) is 38.4 Å². The van der Waals surface area contributed by atoms with Crippen molar-refractivity contribution in [1.29, 1.82) is 0 Å². The summed E-state index contributed by atoms with van der Waals surface area (Å²) in [4.78, 5) is 33.0. The Kier molecular flexibility index (Phi) is 6.28. The Morgan fingerprint density at radius 3 is 2.50 bits per heavy atom. The third-order valence-corrected chi connectivity index (χ3v) is 7.37. The molecule has 1 aliphatic heterocycles. The summed E-state index contributed by atoms with van der Waals surface area (Å²) < 4.78 is 1.64. The lowest BCUT2D eigenvalue weighted by molar-refractivity contribution is -0.113. The molecule has 1 aromatic heterocycles. The van der Waals surface area contributed by atoms with Crippen molar-refractivity contribution in [3.05, 3.63) is 70.5 Å². The molecule has 0 aliphatic carbocycles. The van der Waals surface area contributed by atoms with Crippen LogP contribution >= 0.6 is 11.8 Å². The topological polar surface area (TPSA) is 67.2 Å². The highest BCUT2D eigenvalue weighted by atomic mass is 32.2. The number of thioether (sulfide) groups is 1. The number of amides is 1. The molecular formula is C27H28N4O2S. The van der Waals surface area contributed by atoms with Crippen LogP contribution < -0.4 is 15.8 Å². The molecule has 1 fully saturated rings. The third kappa shape index (κ3) is 4.40. The molecule has 0 atom stereocenters. The average molecular weight is 473 g/mol. The summed E-state index contributed by atoms with van der Waals surface area (Å²) in [6.07, 6.45) is 2.47. The first kappa shape index (κ1) is 22.5. The first-order valence-corrected chi connectivity index (χ1v) is 12.7. The molecule has 1 saturated heterocycles. The fourth-order valence-electron chi connectivity index (χ4n) is 4.55. The van der Waals surface area contributed by atoms with Gasteiger partial charge in [0, 0.05) is 31.0 Å². The monoisotopic (exact) mass is 472 g/mol. The Morgan fingerprint density at radius 2 is 1.79 bits per heavy atom. The number of nitrogens with one attached hydrogen (secondary N) is 1. The van der Waals surface area contributed by atoms with Gasteiger partial charge in [-0.15, -0.1) is 0 Å². The van der Waals surface area contributed by atoms with E-state index in [1.54, 1.807) is 4.57 Å². The van der Waals surface area contributed by atoms with E-state index in [-0.39, 0.29) is 17.2 Å². The van der Waals surface area contributed by atoms with E-state index >= 15 is 0 Å². The van der Waals surface area contributed by atoms with Crippen molar-refractivity contribution in [2.24, 2.45) is 0 Å². The molecule has 34 heavy (non-hydrogen) atoms.